The molecule has 0 aromatic heterocycles. The molecule has 0 spiro atoms. The number of hydrazine groups is 1. The average Bonchev–Trinajstić information content (AvgIpc) is 2.30. The van der Waals surface area contributed by atoms with Gasteiger partial charge in [-0.05, 0) is 40.8 Å². The van der Waals surface area contributed by atoms with E-state index in [4.69, 9.17) is 23.6 Å². The summed E-state index contributed by atoms with van der Waals surface area (Å²) in [7, 11) is 0. The molecule has 0 saturated carbocycles. The summed E-state index contributed by atoms with van der Waals surface area (Å²) in [5.74, 6) is 0. The Labute approximate surface area is 111 Å². The van der Waals surface area contributed by atoms with Crippen LogP contribution in [0.1, 0.15) is 5.56 Å². The Bertz CT molecular complexity index is 486. The molecule has 0 amide bonds. The van der Waals surface area contributed by atoms with Gasteiger partial charge in [-0.25, -0.2) is 5.01 Å². The molecule has 0 heterocycles. The summed E-state index contributed by atoms with van der Waals surface area (Å²) < 4.78 is 1.03. The lowest BCUT2D eigenvalue weighted by Crippen LogP contribution is -2.24. The number of halogens is 2. The second-order valence-electron chi connectivity index (χ2n) is 3.70. The zero-order chi connectivity index (χ0) is 12.3. The van der Waals surface area contributed by atoms with Crippen molar-refractivity contribution in [2.24, 2.45) is 0 Å². The molecule has 0 atom stereocenters. The molecule has 4 heteroatoms. The third-order valence-corrected chi connectivity index (χ3v) is 2.70. The summed E-state index contributed by atoms with van der Waals surface area (Å²) in [6.07, 6.45) is 0. The predicted molar refractivity (Wildman–Crippen MR) is 73.3 cm³/mol. The van der Waals surface area contributed by atoms with E-state index in [1.54, 1.807) is 5.01 Å². The first kappa shape index (κ1) is 12.2. The van der Waals surface area contributed by atoms with Crippen LogP contribution in [0.4, 0.5) is 11.4 Å². The highest BCUT2D eigenvalue weighted by Gasteiger charge is 2.14. The van der Waals surface area contributed by atoms with Gasteiger partial charge >= 0.3 is 0 Å². The molecule has 0 aliphatic heterocycles. The second kappa shape index (κ2) is 5.41. The van der Waals surface area contributed by atoms with Gasteiger partial charge in [0.05, 0.1) is 11.4 Å². The molecule has 0 aliphatic carbocycles. The van der Waals surface area contributed by atoms with Crippen molar-refractivity contribution in [1.29, 1.82) is 0 Å². The van der Waals surface area contributed by atoms with E-state index in [0.29, 0.717) is 0 Å². The Morgan fingerprint density at radius 2 is 1.47 bits per heavy atom. The molecular formula is C13H12Cl2N2. The Hall–Kier alpha value is -1.22. The quantitative estimate of drug-likeness (QED) is 0.589. The van der Waals surface area contributed by atoms with Gasteiger partial charge in [-0.15, -0.1) is 0 Å². The van der Waals surface area contributed by atoms with Gasteiger partial charge in [0, 0.05) is 23.6 Å². The lowest BCUT2D eigenvalue weighted by Gasteiger charge is -2.26. The highest BCUT2D eigenvalue weighted by molar-refractivity contribution is 6.34. The van der Waals surface area contributed by atoms with E-state index >= 15 is 0 Å². The van der Waals surface area contributed by atoms with Gasteiger partial charge in [0.25, 0.3) is 0 Å². The van der Waals surface area contributed by atoms with Crippen LogP contribution in [-0.2, 0) is 0 Å². The molecule has 0 bridgehead atoms. The van der Waals surface area contributed by atoms with Crippen LogP contribution in [0.3, 0.4) is 0 Å². The van der Waals surface area contributed by atoms with Crippen LogP contribution in [0.5, 0.6) is 0 Å². The van der Waals surface area contributed by atoms with Crippen LogP contribution in [0, 0.1) is 6.92 Å². The van der Waals surface area contributed by atoms with E-state index in [9.17, 15) is 0 Å². The number of hydrogen-bond acceptors (Lipinski definition) is 2. The summed E-state index contributed by atoms with van der Waals surface area (Å²) in [5.41, 5.74) is 2.97. The normalized spacial score (nSPS) is 10.6. The van der Waals surface area contributed by atoms with Gasteiger partial charge < -0.3 is 0 Å². The standard InChI is InChI=1S/C13H12Cl2N2/c1-11-6-5-9-13(10-11)16(17(14)15)12-7-3-2-4-8-12/h2-10H,1H3. The Kier molecular flexibility index (Phi) is 3.89. The van der Waals surface area contributed by atoms with Crippen LogP contribution >= 0.6 is 23.6 Å². The highest BCUT2D eigenvalue weighted by atomic mass is 35.5. The maximum atomic E-state index is 5.89. The molecule has 0 unspecified atom stereocenters. The molecule has 0 aliphatic rings. The zero-order valence-electron chi connectivity index (χ0n) is 9.35. The smallest absolute Gasteiger partial charge is 0.0609 e. The molecule has 0 N–H and O–H groups in total. The van der Waals surface area contributed by atoms with Crippen molar-refractivity contribution in [3.63, 3.8) is 0 Å². The van der Waals surface area contributed by atoms with Crippen LogP contribution in [0.2, 0.25) is 0 Å². The first-order chi connectivity index (χ1) is 8.18. The largest absolute Gasteiger partial charge is 0.246 e. The van der Waals surface area contributed by atoms with E-state index in [1.807, 2.05) is 61.5 Å². The monoisotopic (exact) mass is 266 g/mol. The zero-order valence-corrected chi connectivity index (χ0v) is 10.9. The fraction of sp³-hybridized carbons (Fsp3) is 0.0769. The minimum atomic E-state index is 0.906. The molecular weight excluding hydrogens is 255 g/mol. The SMILES string of the molecule is Cc1cccc(N(c2ccccc2)N(Cl)Cl)c1. The van der Waals surface area contributed by atoms with Crippen molar-refractivity contribution in [3.8, 4) is 0 Å². The number of anilines is 2. The van der Waals surface area contributed by atoms with E-state index in [2.05, 4.69) is 0 Å². The lowest BCUT2D eigenvalue weighted by atomic mass is 10.2. The molecule has 88 valence electrons. The minimum absolute atomic E-state index is 0.906. The van der Waals surface area contributed by atoms with Crippen LogP contribution < -0.4 is 5.01 Å². The molecule has 0 fully saturated rings. The predicted octanol–water partition coefficient (Wildman–Crippen LogP) is 4.66. The van der Waals surface area contributed by atoms with Crippen molar-refractivity contribution in [3.05, 3.63) is 60.2 Å². The summed E-state index contributed by atoms with van der Waals surface area (Å²) in [4.78, 5) is 0. The molecule has 2 aromatic carbocycles. The van der Waals surface area contributed by atoms with Gasteiger partial charge in [0.1, 0.15) is 0 Å². The average molecular weight is 267 g/mol. The van der Waals surface area contributed by atoms with Gasteiger partial charge in [0.15, 0.2) is 0 Å². The lowest BCUT2D eigenvalue weighted by molar-refractivity contribution is 0.722. The number of para-hydroxylation sites is 1. The van der Waals surface area contributed by atoms with Crippen molar-refractivity contribution in [2.45, 2.75) is 6.92 Å². The first-order valence-electron chi connectivity index (χ1n) is 5.22. The molecule has 0 saturated heterocycles. The highest BCUT2D eigenvalue weighted by Crippen LogP contribution is 2.29. The first-order valence-corrected chi connectivity index (χ1v) is 5.89. The number of rotatable bonds is 3. The van der Waals surface area contributed by atoms with Crippen LogP contribution in [0.15, 0.2) is 54.6 Å². The fourth-order valence-corrected chi connectivity index (χ4v) is 2.00. The summed E-state index contributed by atoms with van der Waals surface area (Å²) >= 11 is 11.8. The van der Waals surface area contributed by atoms with Gasteiger partial charge in [-0.1, -0.05) is 30.3 Å². The number of aryl methyl sites for hydroxylation is 1. The van der Waals surface area contributed by atoms with E-state index in [1.165, 1.54) is 0 Å². The van der Waals surface area contributed by atoms with Crippen molar-refractivity contribution in [2.75, 3.05) is 5.01 Å². The minimum Gasteiger partial charge on any atom is -0.246 e. The Balaban J connectivity index is 2.43. The molecule has 2 rings (SSSR count). The Morgan fingerprint density at radius 3 is 2.06 bits per heavy atom. The fourth-order valence-electron chi connectivity index (χ4n) is 1.65. The summed E-state index contributed by atoms with van der Waals surface area (Å²) in [6.45, 7) is 2.03. The second-order valence-corrected chi connectivity index (χ2v) is 4.51. The maximum absolute atomic E-state index is 5.89. The van der Waals surface area contributed by atoms with Crippen molar-refractivity contribution < 1.29 is 0 Å². The number of benzene rings is 2. The molecule has 2 nitrogen and oxygen atoms in total. The van der Waals surface area contributed by atoms with Crippen LogP contribution in [-0.4, -0.2) is 4.05 Å². The van der Waals surface area contributed by atoms with Gasteiger partial charge in [-0.3, -0.25) is 0 Å². The third kappa shape index (κ3) is 2.91. The van der Waals surface area contributed by atoms with Crippen molar-refractivity contribution in [1.82, 2.24) is 4.05 Å². The number of hydrogen-bond donors (Lipinski definition) is 0. The maximum Gasteiger partial charge on any atom is 0.0609 e. The van der Waals surface area contributed by atoms with Gasteiger partial charge in [0.2, 0.25) is 0 Å². The Morgan fingerprint density at radius 1 is 0.824 bits per heavy atom. The van der Waals surface area contributed by atoms with E-state index < -0.39 is 0 Å². The summed E-state index contributed by atoms with van der Waals surface area (Å²) in [6, 6.07) is 17.7. The van der Waals surface area contributed by atoms with E-state index in [-0.39, 0.29) is 0 Å². The molecule has 2 aromatic rings. The molecule has 17 heavy (non-hydrogen) atoms. The topological polar surface area (TPSA) is 6.48 Å². The molecule has 0 radical (unpaired) electrons. The van der Waals surface area contributed by atoms with E-state index in [0.717, 1.165) is 21.0 Å². The number of nitrogens with zero attached hydrogens (tertiary/aromatic N) is 2. The van der Waals surface area contributed by atoms with Gasteiger partial charge in [-0.2, -0.15) is 0 Å². The van der Waals surface area contributed by atoms with Crippen LogP contribution in [0.25, 0.3) is 0 Å². The summed E-state index contributed by atoms with van der Waals surface area (Å²) in [5, 5.41) is 1.72. The third-order valence-electron chi connectivity index (χ3n) is 2.40. The van der Waals surface area contributed by atoms with Crippen molar-refractivity contribution >= 4 is 34.9 Å².